The Kier molecular flexibility index (Phi) is 5.56. The van der Waals surface area contributed by atoms with Gasteiger partial charge in [-0.05, 0) is 38.1 Å². The Labute approximate surface area is 136 Å². The summed E-state index contributed by atoms with van der Waals surface area (Å²) in [6, 6.07) is 7.16. The van der Waals surface area contributed by atoms with Crippen molar-refractivity contribution < 1.29 is 8.81 Å². The summed E-state index contributed by atoms with van der Waals surface area (Å²) in [5.74, 6) is 0.288. The molecule has 120 valence electrons. The lowest BCUT2D eigenvalue weighted by atomic mass is 10.1. The molecule has 2 heterocycles. The molecule has 1 aromatic carbocycles. The minimum absolute atomic E-state index is 0. The molecular formula is C16H21ClFN3O. The maximum absolute atomic E-state index is 12.9. The van der Waals surface area contributed by atoms with Crippen LogP contribution in [0.1, 0.15) is 19.5 Å². The van der Waals surface area contributed by atoms with Gasteiger partial charge in [-0.3, -0.25) is 4.90 Å². The van der Waals surface area contributed by atoms with Crippen LogP contribution in [0.25, 0.3) is 11.5 Å². The Morgan fingerprint density at radius 3 is 2.50 bits per heavy atom. The molecule has 22 heavy (non-hydrogen) atoms. The van der Waals surface area contributed by atoms with E-state index in [1.807, 2.05) is 0 Å². The summed E-state index contributed by atoms with van der Waals surface area (Å²) in [4.78, 5) is 6.88. The standard InChI is InChI=1S/C16H20FN3O.ClH/c1-11-7-20(8-12(2)18-11)9-15-10-21-16(19-15)13-3-5-14(17)6-4-13;/h3-6,10-12,18H,7-9H2,1-2H3;1H. The highest BCUT2D eigenvalue weighted by atomic mass is 35.5. The second kappa shape index (κ2) is 7.22. The number of hydrogen-bond acceptors (Lipinski definition) is 4. The van der Waals surface area contributed by atoms with Crippen molar-refractivity contribution in [2.75, 3.05) is 13.1 Å². The highest BCUT2D eigenvalue weighted by Gasteiger charge is 2.21. The summed E-state index contributed by atoms with van der Waals surface area (Å²) in [7, 11) is 0. The number of nitrogens with zero attached hydrogens (tertiary/aromatic N) is 2. The molecule has 0 spiro atoms. The predicted molar refractivity (Wildman–Crippen MR) is 86.5 cm³/mol. The number of aromatic nitrogens is 1. The Morgan fingerprint density at radius 2 is 1.86 bits per heavy atom. The minimum Gasteiger partial charge on any atom is -0.444 e. The summed E-state index contributed by atoms with van der Waals surface area (Å²) in [6.07, 6.45) is 1.69. The molecule has 1 fully saturated rings. The van der Waals surface area contributed by atoms with E-state index in [2.05, 4.69) is 29.0 Å². The molecule has 1 saturated heterocycles. The Hall–Kier alpha value is -1.43. The van der Waals surface area contributed by atoms with E-state index in [1.54, 1.807) is 18.4 Å². The summed E-state index contributed by atoms with van der Waals surface area (Å²) in [5, 5.41) is 3.51. The maximum Gasteiger partial charge on any atom is 0.226 e. The third kappa shape index (κ3) is 4.06. The number of nitrogens with one attached hydrogen (secondary N) is 1. The van der Waals surface area contributed by atoms with Crippen LogP contribution in [0, 0.1) is 5.82 Å². The molecule has 2 atom stereocenters. The lowest BCUT2D eigenvalue weighted by Gasteiger charge is -2.35. The lowest BCUT2D eigenvalue weighted by Crippen LogP contribution is -2.53. The summed E-state index contributed by atoms with van der Waals surface area (Å²) >= 11 is 0. The van der Waals surface area contributed by atoms with Crippen molar-refractivity contribution >= 4 is 12.4 Å². The van der Waals surface area contributed by atoms with E-state index in [0.717, 1.165) is 30.9 Å². The van der Waals surface area contributed by atoms with E-state index in [9.17, 15) is 4.39 Å². The van der Waals surface area contributed by atoms with Crippen LogP contribution in [-0.4, -0.2) is 35.1 Å². The Bertz CT molecular complexity index is 592. The zero-order valence-corrected chi connectivity index (χ0v) is 13.6. The van der Waals surface area contributed by atoms with Gasteiger partial charge in [0.2, 0.25) is 5.89 Å². The van der Waals surface area contributed by atoms with Gasteiger partial charge in [0, 0.05) is 37.3 Å². The quantitative estimate of drug-likeness (QED) is 0.941. The van der Waals surface area contributed by atoms with E-state index in [-0.39, 0.29) is 18.2 Å². The van der Waals surface area contributed by atoms with E-state index >= 15 is 0 Å². The monoisotopic (exact) mass is 325 g/mol. The van der Waals surface area contributed by atoms with Crippen LogP contribution in [-0.2, 0) is 6.54 Å². The van der Waals surface area contributed by atoms with Gasteiger partial charge in [-0.15, -0.1) is 12.4 Å². The highest BCUT2D eigenvalue weighted by molar-refractivity contribution is 5.85. The van der Waals surface area contributed by atoms with E-state index in [0.29, 0.717) is 18.0 Å². The van der Waals surface area contributed by atoms with Gasteiger partial charge in [-0.2, -0.15) is 0 Å². The van der Waals surface area contributed by atoms with Gasteiger partial charge in [-0.25, -0.2) is 9.37 Å². The first-order valence-electron chi connectivity index (χ1n) is 7.29. The average molecular weight is 326 g/mol. The van der Waals surface area contributed by atoms with Gasteiger partial charge in [0.05, 0.1) is 5.69 Å². The van der Waals surface area contributed by atoms with Crippen LogP contribution in [0.15, 0.2) is 34.9 Å². The molecule has 6 heteroatoms. The smallest absolute Gasteiger partial charge is 0.226 e. The first-order chi connectivity index (χ1) is 10.1. The van der Waals surface area contributed by atoms with Gasteiger partial charge in [0.25, 0.3) is 0 Å². The molecule has 4 nitrogen and oxygen atoms in total. The van der Waals surface area contributed by atoms with Crippen LogP contribution in [0.5, 0.6) is 0 Å². The largest absolute Gasteiger partial charge is 0.444 e. The van der Waals surface area contributed by atoms with Gasteiger partial charge >= 0.3 is 0 Å². The molecule has 0 aliphatic carbocycles. The normalized spacial score (nSPS) is 22.3. The molecule has 2 unspecified atom stereocenters. The zero-order valence-electron chi connectivity index (χ0n) is 12.8. The molecule has 2 aromatic rings. The van der Waals surface area contributed by atoms with Crippen molar-refractivity contribution in [3.05, 3.63) is 42.0 Å². The molecule has 1 aliphatic heterocycles. The number of hydrogen-bond donors (Lipinski definition) is 1. The number of halogens is 2. The molecule has 0 bridgehead atoms. The molecule has 0 saturated carbocycles. The first kappa shape index (κ1) is 16.9. The first-order valence-corrected chi connectivity index (χ1v) is 7.29. The van der Waals surface area contributed by atoms with Crippen LogP contribution in [0.3, 0.4) is 0 Å². The molecule has 1 aliphatic rings. The van der Waals surface area contributed by atoms with Crippen LogP contribution < -0.4 is 5.32 Å². The third-order valence-corrected chi connectivity index (χ3v) is 3.66. The maximum atomic E-state index is 12.9. The van der Waals surface area contributed by atoms with E-state index in [4.69, 9.17) is 4.42 Å². The SMILES string of the molecule is CC1CN(Cc2coc(-c3ccc(F)cc3)n2)CC(C)N1.Cl. The molecule has 1 N–H and O–H groups in total. The van der Waals surface area contributed by atoms with Crippen molar-refractivity contribution in [2.45, 2.75) is 32.5 Å². The topological polar surface area (TPSA) is 41.3 Å². The van der Waals surface area contributed by atoms with Crippen molar-refractivity contribution in [3.63, 3.8) is 0 Å². The fraction of sp³-hybridized carbons (Fsp3) is 0.438. The second-order valence-corrected chi connectivity index (χ2v) is 5.81. The summed E-state index contributed by atoms with van der Waals surface area (Å²) in [6.45, 7) is 7.16. The van der Waals surface area contributed by atoms with Crippen LogP contribution >= 0.6 is 12.4 Å². The summed E-state index contributed by atoms with van der Waals surface area (Å²) < 4.78 is 18.4. The number of benzene rings is 1. The van der Waals surface area contributed by atoms with Crippen molar-refractivity contribution in [3.8, 4) is 11.5 Å². The highest BCUT2D eigenvalue weighted by Crippen LogP contribution is 2.20. The fourth-order valence-corrected chi connectivity index (χ4v) is 2.90. The molecule has 0 radical (unpaired) electrons. The third-order valence-electron chi connectivity index (χ3n) is 3.66. The van der Waals surface area contributed by atoms with Crippen molar-refractivity contribution in [1.29, 1.82) is 0 Å². The number of rotatable bonds is 3. The van der Waals surface area contributed by atoms with Crippen molar-refractivity contribution in [1.82, 2.24) is 15.2 Å². The van der Waals surface area contributed by atoms with Gasteiger partial charge in [-0.1, -0.05) is 0 Å². The zero-order chi connectivity index (χ0) is 14.8. The fourth-order valence-electron chi connectivity index (χ4n) is 2.90. The Balaban J connectivity index is 0.00000176. The summed E-state index contributed by atoms with van der Waals surface area (Å²) in [5.41, 5.74) is 1.71. The molecule has 1 aromatic heterocycles. The minimum atomic E-state index is -0.255. The van der Waals surface area contributed by atoms with Crippen molar-refractivity contribution in [2.24, 2.45) is 0 Å². The predicted octanol–water partition coefficient (Wildman–Crippen LogP) is 3.08. The lowest BCUT2D eigenvalue weighted by molar-refractivity contribution is 0.165. The Morgan fingerprint density at radius 1 is 1.23 bits per heavy atom. The molecule has 3 rings (SSSR count). The van der Waals surface area contributed by atoms with E-state index < -0.39 is 0 Å². The van der Waals surface area contributed by atoms with Gasteiger partial charge < -0.3 is 9.73 Å². The number of piperazine rings is 1. The molecular weight excluding hydrogens is 305 g/mol. The molecule has 0 amide bonds. The van der Waals surface area contributed by atoms with Crippen LogP contribution in [0.4, 0.5) is 4.39 Å². The van der Waals surface area contributed by atoms with Crippen LogP contribution in [0.2, 0.25) is 0 Å². The van der Waals surface area contributed by atoms with Gasteiger partial charge in [0.15, 0.2) is 0 Å². The van der Waals surface area contributed by atoms with Gasteiger partial charge in [0.1, 0.15) is 12.1 Å². The average Bonchev–Trinajstić information content (AvgIpc) is 2.87. The van der Waals surface area contributed by atoms with E-state index in [1.165, 1.54) is 12.1 Å². The number of oxazole rings is 1. The second-order valence-electron chi connectivity index (χ2n) is 5.81.